The van der Waals surface area contributed by atoms with E-state index in [0.29, 0.717) is 5.56 Å². The summed E-state index contributed by atoms with van der Waals surface area (Å²) in [7, 11) is 0. The van der Waals surface area contributed by atoms with Crippen LogP contribution in [0.4, 0.5) is 5.69 Å². The molecule has 1 unspecified atom stereocenters. The topological polar surface area (TPSA) is 131 Å². The molecule has 1 atom stereocenters. The van der Waals surface area contributed by atoms with E-state index in [0.717, 1.165) is 25.7 Å². The first-order valence-corrected chi connectivity index (χ1v) is 12.3. The lowest BCUT2D eigenvalue weighted by Gasteiger charge is -2.28. The maximum absolute atomic E-state index is 13.1. The number of nitro benzene ring substituents is 1. The molecule has 2 N–H and O–H groups in total. The van der Waals surface area contributed by atoms with Gasteiger partial charge in [0.1, 0.15) is 11.3 Å². The van der Waals surface area contributed by atoms with Gasteiger partial charge in [0.05, 0.1) is 29.6 Å². The number of ether oxygens (including phenoxy) is 3. The van der Waals surface area contributed by atoms with Crippen molar-refractivity contribution < 1.29 is 28.7 Å². The molecule has 2 rings (SSSR count). The Balaban J connectivity index is 2.20. The van der Waals surface area contributed by atoms with E-state index in [-0.39, 0.29) is 41.7 Å². The van der Waals surface area contributed by atoms with Gasteiger partial charge in [0, 0.05) is 12.1 Å². The number of nitro groups is 1. The predicted molar refractivity (Wildman–Crippen MR) is 131 cm³/mol. The summed E-state index contributed by atoms with van der Waals surface area (Å²) in [4.78, 5) is 36.7. The van der Waals surface area contributed by atoms with Crippen LogP contribution < -0.4 is 5.73 Å². The molecule has 0 spiro atoms. The molecule has 1 aliphatic heterocycles. The highest BCUT2D eigenvalue weighted by Gasteiger charge is 2.40. The Morgan fingerprint density at radius 3 is 2.26 bits per heavy atom. The second-order valence-corrected chi connectivity index (χ2v) is 8.47. The van der Waals surface area contributed by atoms with Crippen molar-refractivity contribution >= 4 is 17.6 Å². The van der Waals surface area contributed by atoms with Crippen molar-refractivity contribution in [3.8, 4) is 0 Å². The van der Waals surface area contributed by atoms with Crippen molar-refractivity contribution in [1.82, 2.24) is 0 Å². The Bertz CT molecular complexity index is 968. The zero-order valence-corrected chi connectivity index (χ0v) is 20.8. The number of unbranched alkanes of at least 4 members (excludes halogenated alkanes) is 7. The molecule has 9 nitrogen and oxygen atoms in total. The summed E-state index contributed by atoms with van der Waals surface area (Å²) in [5, 5.41) is 11.3. The number of esters is 2. The average molecular weight is 489 g/mol. The van der Waals surface area contributed by atoms with Gasteiger partial charge >= 0.3 is 11.9 Å². The third-order valence-electron chi connectivity index (χ3n) is 5.85. The molecule has 1 aliphatic rings. The summed E-state index contributed by atoms with van der Waals surface area (Å²) in [6.07, 6.45) is 8.84. The van der Waals surface area contributed by atoms with Crippen molar-refractivity contribution in [3.63, 3.8) is 0 Å². The Morgan fingerprint density at radius 1 is 1.00 bits per heavy atom. The highest BCUT2D eigenvalue weighted by Crippen LogP contribution is 2.41. The number of carbonyl (C=O) groups is 2. The molecule has 35 heavy (non-hydrogen) atoms. The van der Waals surface area contributed by atoms with Gasteiger partial charge in [-0.3, -0.25) is 10.1 Å². The van der Waals surface area contributed by atoms with Crippen LogP contribution in [0.5, 0.6) is 0 Å². The van der Waals surface area contributed by atoms with Gasteiger partial charge in [-0.15, -0.1) is 0 Å². The predicted octanol–water partition coefficient (Wildman–Crippen LogP) is 5.40. The van der Waals surface area contributed by atoms with E-state index >= 15 is 0 Å². The van der Waals surface area contributed by atoms with Crippen molar-refractivity contribution in [2.75, 3.05) is 13.2 Å². The van der Waals surface area contributed by atoms with Crippen molar-refractivity contribution in [2.24, 2.45) is 5.73 Å². The molecule has 0 amide bonds. The maximum Gasteiger partial charge on any atom is 0.340 e. The number of allylic oxidation sites excluding steroid dienone is 1. The van der Waals surface area contributed by atoms with E-state index in [1.54, 1.807) is 19.9 Å². The fourth-order valence-corrected chi connectivity index (χ4v) is 4.08. The zero-order valence-electron chi connectivity index (χ0n) is 20.8. The molecule has 0 saturated carbocycles. The summed E-state index contributed by atoms with van der Waals surface area (Å²) in [5.41, 5.74) is 6.17. The van der Waals surface area contributed by atoms with Gasteiger partial charge < -0.3 is 19.9 Å². The van der Waals surface area contributed by atoms with Crippen LogP contribution in [-0.4, -0.2) is 30.1 Å². The Labute approximate surface area is 206 Å². The largest absolute Gasteiger partial charge is 0.462 e. The number of nitrogens with two attached hydrogens (primary N) is 1. The number of hydrogen-bond donors (Lipinski definition) is 1. The molecule has 9 heteroatoms. The molecule has 1 aromatic carbocycles. The van der Waals surface area contributed by atoms with Gasteiger partial charge in [-0.1, -0.05) is 64.0 Å². The van der Waals surface area contributed by atoms with Gasteiger partial charge in [0.2, 0.25) is 5.88 Å². The summed E-state index contributed by atoms with van der Waals surface area (Å²) < 4.78 is 16.2. The van der Waals surface area contributed by atoms with Crippen molar-refractivity contribution in [2.45, 2.75) is 78.1 Å². The fourth-order valence-electron chi connectivity index (χ4n) is 4.08. The van der Waals surface area contributed by atoms with Gasteiger partial charge in [-0.05, 0) is 25.8 Å². The molecule has 192 valence electrons. The molecule has 0 aromatic heterocycles. The van der Waals surface area contributed by atoms with Crippen LogP contribution in [-0.2, 0) is 23.8 Å². The summed E-state index contributed by atoms with van der Waals surface area (Å²) in [6, 6.07) is 5.72. The molecular weight excluding hydrogens is 452 g/mol. The van der Waals surface area contributed by atoms with Gasteiger partial charge in [0.25, 0.3) is 5.69 Å². The minimum absolute atomic E-state index is 0.0716. The Hall–Kier alpha value is -3.36. The third-order valence-corrected chi connectivity index (χ3v) is 5.85. The number of hydrogen-bond acceptors (Lipinski definition) is 8. The molecule has 0 saturated heterocycles. The van der Waals surface area contributed by atoms with Gasteiger partial charge in [-0.2, -0.15) is 0 Å². The lowest BCUT2D eigenvalue weighted by Crippen LogP contribution is -2.30. The van der Waals surface area contributed by atoms with E-state index in [1.807, 2.05) is 0 Å². The second-order valence-electron chi connectivity index (χ2n) is 8.47. The average Bonchev–Trinajstić information content (AvgIpc) is 2.82. The smallest absolute Gasteiger partial charge is 0.340 e. The van der Waals surface area contributed by atoms with Crippen LogP contribution >= 0.6 is 0 Å². The van der Waals surface area contributed by atoms with Crippen molar-refractivity contribution in [1.29, 1.82) is 0 Å². The van der Waals surface area contributed by atoms with Gasteiger partial charge in [-0.25, -0.2) is 9.59 Å². The monoisotopic (exact) mass is 488 g/mol. The highest BCUT2D eigenvalue weighted by atomic mass is 16.6. The van der Waals surface area contributed by atoms with Crippen LogP contribution in [0.2, 0.25) is 0 Å². The van der Waals surface area contributed by atoms with E-state index < -0.39 is 22.8 Å². The number of non-ortho nitro benzene ring substituents is 1. The fraction of sp³-hybridized carbons (Fsp3) is 0.538. The third kappa shape index (κ3) is 7.83. The second kappa shape index (κ2) is 14.1. The zero-order chi connectivity index (χ0) is 25.8. The summed E-state index contributed by atoms with van der Waals surface area (Å²) >= 11 is 0. The normalized spacial score (nSPS) is 15.6. The minimum Gasteiger partial charge on any atom is -0.462 e. The molecule has 0 fully saturated rings. The first-order chi connectivity index (χ1) is 16.8. The first-order valence-electron chi connectivity index (χ1n) is 12.3. The van der Waals surface area contributed by atoms with E-state index in [4.69, 9.17) is 19.9 Å². The summed E-state index contributed by atoms with van der Waals surface area (Å²) in [6.45, 7) is 5.68. The minimum atomic E-state index is -1.02. The Kier molecular flexibility index (Phi) is 11.3. The SMILES string of the molecule is CCCCCCCCCCOC(=O)C1=C(C)OC(N)=C(C(=O)OCC)C1c1cccc([N+](=O)[O-])c1. The molecule has 1 aromatic rings. The number of rotatable bonds is 14. The van der Waals surface area contributed by atoms with E-state index in [9.17, 15) is 19.7 Å². The molecular formula is C26H36N2O7. The number of nitrogens with zero attached hydrogens (tertiary/aromatic N) is 1. The Morgan fingerprint density at radius 2 is 1.63 bits per heavy atom. The molecule has 0 bridgehead atoms. The molecule has 1 heterocycles. The van der Waals surface area contributed by atoms with Crippen LogP contribution in [0.3, 0.4) is 0 Å². The van der Waals surface area contributed by atoms with Crippen LogP contribution in [0.25, 0.3) is 0 Å². The summed E-state index contributed by atoms with van der Waals surface area (Å²) in [5.74, 6) is -2.47. The van der Waals surface area contributed by atoms with Crippen LogP contribution in [0.1, 0.15) is 83.6 Å². The standard InChI is InChI=1S/C26H36N2O7/c1-4-6-7-8-9-10-11-12-16-34-25(29)21-18(3)35-24(27)23(26(30)33-5-2)22(21)19-14-13-15-20(17-19)28(31)32/h13-15,17,22H,4-12,16,27H2,1-3H3. The van der Waals surface area contributed by atoms with E-state index in [1.165, 1.54) is 43.9 Å². The van der Waals surface area contributed by atoms with Crippen molar-refractivity contribution in [3.05, 3.63) is 62.7 Å². The molecule has 0 radical (unpaired) electrons. The van der Waals surface area contributed by atoms with Crippen LogP contribution in [0.15, 0.2) is 47.1 Å². The van der Waals surface area contributed by atoms with E-state index in [2.05, 4.69) is 6.92 Å². The quantitative estimate of drug-likeness (QED) is 0.159. The number of benzene rings is 1. The van der Waals surface area contributed by atoms with Gasteiger partial charge in [0.15, 0.2) is 0 Å². The lowest BCUT2D eigenvalue weighted by atomic mass is 9.82. The highest BCUT2D eigenvalue weighted by molar-refractivity contribution is 5.99. The van der Waals surface area contributed by atoms with Crippen LogP contribution in [0, 0.1) is 10.1 Å². The number of carbonyl (C=O) groups excluding carboxylic acids is 2. The first kappa shape index (κ1) is 27.9. The molecule has 0 aliphatic carbocycles. The maximum atomic E-state index is 13.1. The lowest BCUT2D eigenvalue weighted by molar-refractivity contribution is -0.384.